The number of hydrogen-bond acceptors (Lipinski definition) is 2. The highest BCUT2D eigenvalue weighted by molar-refractivity contribution is 4.87. The van der Waals surface area contributed by atoms with Crippen LogP contribution in [0.4, 0.5) is 0 Å². The molecular formula is C15H30O2. The SMILES string of the molecule is CCOCC1CC(C)C(C)C(C)C1COCC. The van der Waals surface area contributed by atoms with Gasteiger partial charge in [-0.3, -0.25) is 0 Å². The van der Waals surface area contributed by atoms with Gasteiger partial charge in [-0.15, -0.1) is 0 Å². The van der Waals surface area contributed by atoms with Crippen molar-refractivity contribution in [3.05, 3.63) is 0 Å². The van der Waals surface area contributed by atoms with E-state index in [9.17, 15) is 0 Å². The van der Waals surface area contributed by atoms with Crippen LogP contribution in [-0.4, -0.2) is 26.4 Å². The Hall–Kier alpha value is -0.0800. The maximum Gasteiger partial charge on any atom is 0.0500 e. The molecule has 0 saturated heterocycles. The van der Waals surface area contributed by atoms with Crippen molar-refractivity contribution < 1.29 is 9.47 Å². The molecular weight excluding hydrogens is 212 g/mol. The van der Waals surface area contributed by atoms with E-state index in [0.29, 0.717) is 11.8 Å². The molecule has 102 valence electrons. The average molecular weight is 242 g/mol. The predicted octanol–water partition coefficient (Wildman–Crippen LogP) is 3.60. The minimum absolute atomic E-state index is 0.674. The lowest BCUT2D eigenvalue weighted by atomic mass is 9.64. The van der Waals surface area contributed by atoms with Crippen molar-refractivity contribution in [2.45, 2.75) is 41.0 Å². The molecule has 0 heterocycles. The van der Waals surface area contributed by atoms with Gasteiger partial charge in [0.05, 0.1) is 0 Å². The van der Waals surface area contributed by atoms with Crippen LogP contribution in [0.2, 0.25) is 0 Å². The molecule has 5 unspecified atom stereocenters. The van der Waals surface area contributed by atoms with Gasteiger partial charge in [-0.2, -0.15) is 0 Å². The maximum absolute atomic E-state index is 5.68. The summed E-state index contributed by atoms with van der Waals surface area (Å²) >= 11 is 0. The molecule has 0 amide bonds. The summed E-state index contributed by atoms with van der Waals surface area (Å²) in [5, 5.41) is 0. The Morgan fingerprint density at radius 1 is 0.882 bits per heavy atom. The van der Waals surface area contributed by atoms with E-state index in [0.717, 1.165) is 44.2 Å². The Kier molecular flexibility index (Phi) is 6.50. The van der Waals surface area contributed by atoms with Crippen LogP contribution in [0.3, 0.4) is 0 Å². The number of rotatable bonds is 6. The van der Waals surface area contributed by atoms with Gasteiger partial charge >= 0.3 is 0 Å². The van der Waals surface area contributed by atoms with E-state index in [1.165, 1.54) is 6.42 Å². The summed E-state index contributed by atoms with van der Waals surface area (Å²) in [4.78, 5) is 0. The molecule has 0 aromatic rings. The van der Waals surface area contributed by atoms with Crippen LogP contribution in [0.25, 0.3) is 0 Å². The first-order valence-electron chi connectivity index (χ1n) is 7.27. The second kappa shape index (κ2) is 7.38. The van der Waals surface area contributed by atoms with Gasteiger partial charge in [0.15, 0.2) is 0 Å². The van der Waals surface area contributed by atoms with E-state index in [1.807, 2.05) is 0 Å². The van der Waals surface area contributed by atoms with E-state index in [1.54, 1.807) is 0 Å². The zero-order valence-corrected chi connectivity index (χ0v) is 12.2. The fourth-order valence-electron chi connectivity index (χ4n) is 3.21. The molecule has 2 nitrogen and oxygen atoms in total. The summed E-state index contributed by atoms with van der Waals surface area (Å²) in [5.41, 5.74) is 0. The molecule has 0 aromatic heterocycles. The number of hydrogen-bond donors (Lipinski definition) is 0. The second-order valence-corrected chi connectivity index (χ2v) is 5.67. The quantitative estimate of drug-likeness (QED) is 0.708. The first kappa shape index (κ1) is 15.0. The second-order valence-electron chi connectivity index (χ2n) is 5.67. The summed E-state index contributed by atoms with van der Waals surface area (Å²) in [6, 6.07) is 0. The topological polar surface area (TPSA) is 18.5 Å². The van der Waals surface area contributed by atoms with Crippen molar-refractivity contribution in [3.63, 3.8) is 0 Å². The molecule has 1 rings (SSSR count). The van der Waals surface area contributed by atoms with Crippen molar-refractivity contribution in [2.75, 3.05) is 26.4 Å². The summed E-state index contributed by atoms with van der Waals surface area (Å²) in [7, 11) is 0. The van der Waals surface area contributed by atoms with E-state index in [-0.39, 0.29) is 0 Å². The van der Waals surface area contributed by atoms with Crippen molar-refractivity contribution in [3.8, 4) is 0 Å². The summed E-state index contributed by atoms with van der Waals surface area (Å²) in [5.74, 6) is 3.72. The van der Waals surface area contributed by atoms with Gasteiger partial charge in [0.2, 0.25) is 0 Å². The molecule has 0 spiro atoms. The van der Waals surface area contributed by atoms with Crippen molar-refractivity contribution in [1.29, 1.82) is 0 Å². The van der Waals surface area contributed by atoms with E-state index in [2.05, 4.69) is 34.6 Å². The Labute approximate surface area is 107 Å². The molecule has 1 aliphatic carbocycles. The zero-order valence-electron chi connectivity index (χ0n) is 12.2. The smallest absolute Gasteiger partial charge is 0.0500 e. The first-order valence-corrected chi connectivity index (χ1v) is 7.27. The Morgan fingerprint density at radius 3 is 2.06 bits per heavy atom. The van der Waals surface area contributed by atoms with Crippen LogP contribution in [0.5, 0.6) is 0 Å². The van der Waals surface area contributed by atoms with Gasteiger partial charge in [-0.05, 0) is 49.9 Å². The lowest BCUT2D eigenvalue weighted by molar-refractivity contribution is -0.0364. The molecule has 1 saturated carbocycles. The highest BCUT2D eigenvalue weighted by Crippen LogP contribution is 2.42. The third-order valence-corrected chi connectivity index (χ3v) is 4.73. The Morgan fingerprint density at radius 2 is 1.47 bits per heavy atom. The largest absolute Gasteiger partial charge is 0.381 e. The fraction of sp³-hybridized carbons (Fsp3) is 1.00. The molecule has 1 aliphatic rings. The summed E-state index contributed by atoms with van der Waals surface area (Å²) < 4.78 is 11.3. The summed E-state index contributed by atoms with van der Waals surface area (Å²) in [6.07, 6.45) is 1.29. The lowest BCUT2D eigenvalue weighted by Crippen LogP contribution is -2.41. The minimum Gasteiger partial charge on any atom is -0.381 e. The Bertz CT molecular complexity index is 205. The molecule has 0 N–H and O–H groups in total. The normalized spacial score (nSPS) is 38.3. The van der Waals surface area contributed by atoms with E-state index >= 15 is 0 Å². The van der Waals surface area contributed by atoms with Crippen LogP contribution < -0.4 is 0 Å². The van der Waals surface area contributed by atoms with Crippen LogP contribution in [0.15, 0.2) is 0 Å². The van der Waals surface area contributed by atoms with Gasteiger partial charge < -0.3 is 9.47 Å². The van der Waals surface area contributed by atoms with Gasteiger partial charge in [-0.1, -0.05) is 20.8 Å². The highest BCUT2D eigenvalue weighted by Gasteiger charge is 2.38. The maximum atomic E-state index is 5.68. The molecule has 5 atom stereocenters. The van der Waals surface area contributed by atoms with Gasteiger partial charge in [0.25, 0.3) is 0 Å². The fourth-order valence-corrected chi connectivity index (χ4v) is 3.21. The van der Waals surface area contributed by atoms with Gasteiger partial charge in [-0.25, -0.2) is 0 Å². The van der Waals surface area contributed by atoms with Crippen molar-refractivity contribution in [1.82, 2.24) is 0 Å². The van der Waals surface area contributed by atoms with Crippen LogP contribution in [0, 0.1) is 29.6 Å². The standard InChI is InChI=1S/C15H30O2/c1-6-16-9-14-8-11(3)12(4)13(5)15(14)10-17-7-2/h11-15H,6-10H2,1-5H3. The van der Waals surface area contributed by atoms with Crippen molar-refractivity contribution in [2.24, 2.45) is 29.6 Å². The van der Waals surface area contributed by atoms with Crippen molar-refractivity contribution >= 4 is 0 Å². The predicted molar refractivity (Wildman–Crippen MR) is 72.1 cm³/mol. The minimum atomic E-state index is 0.674. The third kappa shape index (κ3) is 3.96. The lowest BCUT2D eigenvalue weighted by Gasteiger charge is -2.43. The van der Waals surface area contributed by atoms with Gasteiger partial charge in [0.1, 0.15) is 0 Å². The van der Waals surface area contributed by atoms with Crippen LogP contribution >= 0.6 is 0 Å². The zero-order chi connectivity index (χ0) is 12.8. The number of ether oxygens (including phenoxy) is 2. The van der Waals surface area contributed by atoms with E-state index in [4.69, 9.17) is 9.47 Å². The van der Waals surface area contributed by atoms with Crippen LogP contribution in [-0.2, 0) is 9.47 Å². The van der Waals surface area contributed by atoms with Gasteiger partial charge in [0, 0.05) is 26.4 Å². The third-order valence-electron chi connectivity index (χ3n) is 4.73. The molecule has 0 radical (unpaired) electrons. The molecule has 0 aromatic carbocycles. The molecule has 1 fully saturated rings. The van der Waals surface area contributed by atoms with Crippen LogP contribution in [0.1, 0.15) is 41.0 Å². The molecule has 0 bridgehead atoms. The highest BCUT2D eigenvalue weighted by atomic mass is 16.5. The monoisotopic (exact) mass is 242 g/mol. The first-order chi connectivity index (χ1) is 8.11. The summed E-state index contributed by atoms with van der Waals surface area (Å²) in [6.45, 7) is 14.8. The van der Waals surface area contributed by atoms with E-state index < -0.39 is 0 Å². The average Bonchev–Trinajstić information content (AvgIpc) is 2.32. The molecule has 2 heteroatoms. The molecule has 17 heavy (non-hydrogen) atoms. The Balaban J connectivity index is 2.61. The molecule has 0 aliphatic heterocycles.